The maximum Gasteiger partial charge on any atom is 0.328 e. The Kier molecular flexibility index (Phi) is 4.64. The van der Waals surface area contributed by atoms with E-state index in [0.29, 0.717) is 0 Å². The van der Waals surface area contributed by atoms with Crippen molar-refractivity contribution in [2.45, 2.75) is 43.3 Å². The van der Waals surface area contributed by atoms with E-state index in [9.17, 15) is 19.8 Å². The van der Waals surface area contributed by atoms with Crippen molar-refractivity contribution in [3.05, 3.63) is 32.6 Å². The van der Waals surface area contributed by atoms with Crippen molar-refractivity contribution in [2.24, 2.45) is 0 Å². The van der Waals surface area contributed by atoms with Gasteiger partial charge in [-0.25, -0.2) is 4.79 Å². The van der Waals surface area contributed by atoms with E-state index in [1.54, 1.807) is 0 Å². The van der Waals surface area contributed by atoms with Gasteiger partial charge in [0.05, 0.1) is 12.2 Å². The number of nitrogens with one attached hydrogen (secondary N) is 2. The lowest BCUT2D eigenvalue weighted by molar-refractivity contribution is -0.0234. The van der Waals surface area contributed by atoms with Crippen molar-refractivity contribution >= 4 is 0 Å². The Bertz CT molecular complexity index is 665. The highest BCUT2D eigenvalue weighted by Crippen LogP contribution is 2.32. The summed E-state index contributed by atoms with van der Waals surface area (Å²) in [5.74, 6) is 0. The number of hydrogen-bond donors (Lipinski definition) is 5. The molecule has 3 heterocycles. The van der Waals surface area contributed by atoms with Crippen molar-refractivity contribution in [1.29, 1.82) is 0 Å². The number of aliphatic hydroxyl groups is 3. The van der Waals surface area contributed by atoms with Crippen LogP contribution >= 0.6 is 0 Å². The van der Waals surface area contributed by atoms with Gasteiger partial charge in [0.15, 0.2) is 0 Å². The van der Waals surface area contributed by atoms with Gasteiger partial charge in [-0.05, 0) is 25.9 Å². The van der Waals surface area contributed by atoms with Gasteiger partial charge in [-0.3, -0.25) is 14.3 Å². The average Bonchev–Trinajstić information content (AvgIpc) is 2.84. The third kappa shape index (κ3) is 2.98. The normalized spacial score (nSPS) is 32.3. The predicted molar refractivity (Wildman–Crippen MR) is 79.2 cm³/mol. The molecule has 4 atom stereocenters. The molecule has 2 saturated heterocycles. The second-order valence-electron chi connectivity index (χ2n) is 5.99. The molecular formula is C14H21N3O6. The molecule has 0 radical (unpaired) electrons. The zero-order valence-corrected chi connectivity index (χ0v) is 12.5. The van der Waals surface area contributed by atoms with E-state index in [-0.39, 0.29) is 11.6 Å². The second-order valence-corrected chi connectivity index (χ2v) is 5.99. The van der Waals surface area contributed by atoms with Crippen LogP contribution in [0.15, 0.2) is 15.8 Å². The highest BCUT2D eigenvalue weighted by molar-refractivity contribution is 5.15. The van der Waals surface area contributed by atoms with Crippen LogP contribution in [-0.4, -0.2) is 62.9 Å². The largest absolute Gasteiger partial charge is 0.394 e. The molecule has 0 aliphatic carbocycles. The molecule has 2 aliphatic rings. The van der Waals surface area contributed by atoms with E-state index >= 15 is 0 Å². The van der Waals surface area contributed by atoms with Gasteiger partial charge >= 0.3 is 5.69 Å². The zero-order chi connectivity index (χ0) is 16.6. The number of aromatic nitrogens is 2. The number of nitrogens with zero attached hydrogens (tertiary/aromatic N) is 1. The van der Waals surface area contributed by atoms with Gasteiger partial charge in [0.25, 0.3) is 5.56 Å². The molecule has 9 heteroatoms. The maximum atomic E-state index is 12.1. The quantitative estimate of drug-likeness (QED) is 0.418. The van der Waals surface area contributed by atoms with E-state index < -0.39 is 42.3 Å². The highest BCUT2D eigenvalue weighted by Gasteiger charge is 2.44. The summed E-state index contributed by atoms with van der Waals surface area (Å²) >= 11 is 0. The number of rotatable bonds is 3. The molecule has 9 nitrogen and oxygen atoms in total. The molecule has 1 aromatic heterocycles. The fourth-order valence-electron chi connectivity index (χ4n) is 3.22. The lowest BCUT2D eigenvalue weighted by Crippen LogP contribution is -2.39. The fourth-order valence-corrected chi connectivity index (χ4v) is 3.22. The van der Waals surface area contributed by atoms with Crippen molar-refractivity contribution in [1.82, 2.24) is 14.9 Å². The monoisotopic (exact) mass is 327 g/mol. The first kappa shape index (κ1) is 16.3. The van der Waals surface area contributed by atoms with Crippen LogP contribution < -0.4 is 16.6 Å². The summed E-state index contributed by atoms with van der Waals surface area (Å²) in [5.41, 5.74) is -1.09. The van der Waals surface area contributed by atoms with Crippen LogP contribution in [0.4, 0.5) is 0 Å². The molecule has 3 rings (SSSR count). The molecule has 0 spiro atoms. The summed E-state index contributed by atoms with van der Waals surface area (Å²) in [6.07, 6.45) is -1.77. The molecule has 0 amide bonds. The van der Waals surface area contributed by atoms with E-state index in [1.807, 2.05) is 0 Å². The van der Waals surface area contributed by atoms with E-state index in [2.05, 4.69) is 10.3 Å². The summed E-state index contributed by atoms with van der Waals surface area (Å²) in [5, 5.41) is 32.2. The number of H-pyrrole nitrogens is 1. The van der Waals surface area contributed by atoms with Crippen LogP contribution in [-0.2, 0) is 4.74 Å². The van der Waals surface area contributed by atoms with Crippen molar-refractivity contribution in [3.8, 4) is 0 Å². The smallest absolute Gasteiger partial charge is 0.328 e. The summed E-state index contributed by atoms with van der Waals surface area (Å²) in [6, 6.07) is -0.0449. The first-order chi connectivity index (χ1) is 11.0. The standard InChI is InChI=1S/C14H21N3O6/c18-6-9-10(19)11(20)12(23-9)8-5-17(14(22)16-13(8)21)7-1-3-15-4-2-7/h5,7,9-12,15,18-20H,1-4,6H2,(H,16,21,22)/t9-,10?,11?,12+/m1/s1. The Labute approximate surface area is 131 Å². The topological polar surface area (TPSA) is 137 Å². The third-order valence-corrected chi connectivity index (χ3v) is 4.55. The van der Waals surface area contributed by atoms with Gasteiger partial charge in [0.1, 0.15) is 24.4 Å². The van der Waals surface area contributed by atoms with Crippen LogP contribution in [0.25, 0.3) is 0 Å². The number of ether oxygens (including phenoxy) is 1. The van der Waals surface area contributed by atoms with E-state index in [4.69, 9.17) is 9.84 Å². The molecular weight excluding hydrogens is 306 g/mol. The zero-order valence-electron chi connectivity index (χ0n) is 12.5. The molecule has 2 unspecified atom stereocenters. The molecule has 5 N–H and O–H groups in total. The summed E-state index contributed by atoms with van der Waals surface area (Å²) < 4.78 is 6.84. The molecule has 0 bridgehead atoms. The minimum Gasteiger partial charge on any atom is -0.394 e. The van der Waals surface area contributed by atoms with Crippen molar-refractivity contribution < 1.29 is 20.1 Å². The lowest BCUT2D eigenvalue weighted by atomic mass is 10.0. The summed E-state index contributed by atoms with van der Waals surface area (Å²) in [6.45, 7) is 1.08. The molecule has 0 aromatic carbocycles. The number of piperidine rings is 1. The highest BCUT2D eigenvalue weighted by atomic mass is 16.6. The second kappa shape index (κ2) is 6.54. The first-order valence-electron chi connectivity index (χ1n) is 7.71. The Hall–Kier alpha value is -1.52. The number of aromatic amines is 1. The van der Waals surface area contributed by atoms with Crippen LogP contribution in [0.2, 0.25) is 0 Å². The first-order valence-corrected chi connectivity index (χ1v) is 7.71. The fraction of sp³-hybridized carbons (Fsp3) is 0.714. The van der Waals surface area contributed by atoms with Crippen LogP contribution in [0.5, 0.6) is 0 Å². The van der Waals surface area contributed by atoms with Gasteiger partial charge in [-0.2, -0.15) is 0 Å². The number of hydrogen-bond acceptors (Lipinski definition) is 7. The van der Waals surface area contributed by atoms with E-state index in [0.717, 1.165) is 25.9 Å². The molecule has 128 valence electrons. The van der Waals surface area contributed by atoms with Gasteiger partial charge in [0, 0.05) is 12.2 Å². The summed E-state index contributed by atoms with van der Waals surface area (Å²) in [7, 11) is 0. The minimum absolute atomic E-state index is 0.0449. The SMILES string of the molecule is O=c1[nH]c(=O)n(C2CCNCC2)cc1[C@@H]1O[C@H](CO)C(O)C1O. The average molecular weight is 327 g/mol. The van der Waals surface area contributed by atoms with E-state index in [1.165, 1.54) is 10.8 Å². The molecule has 2 fully saturated rings. The molecule has 23 heavy (non-hydrogen) atoms. The van der Waals surface area contributed by atoms with Crippen LogP contribution in [0, 0.1) is 0 Å². The predicted octanol–water partition coefficient (Wildman–Crippen LogP) is -2.38. The van der Waals surface area contributed by atoms with Crippen LogP contribution in [0.1, 0.15) is 30.6 Å². The maximum absolute atomic E-state index is 12.1. The number of aliphatic hydroxyl groups excluding tert-OH is 3. The lowest BCUT2D eigenvalue weighted by Gasteiger charge is -2.25. The Morgan fingerprint density at radius 1 is 1.22 bits per heavy atom. The van der Waals surface area contributed by atoms with Crippen molar-refractivity contribution in [3.63, 3.8) is 0 Å². The summed E-state index contributed by atoms with van der Waals surface area (Å²) in [4.78, 5) is 26.4. The van der Waals surface area contributed by atoms with Gasteiger partial charge in [-0.15, -0.1) is 0 Å². The molecule has 2 aliphatic heterocycles. The minimum atomic E-state index is -1.34. The molecule has 0 saturated carbocycles. The Morgan fingerprint density at radius 2 is 1.91 bits per heavy atom. The van der Waals surface area contributed by atoms with Gasteiger partial charge < -0.3 is 25.4 Å². The molecule has 1 aromatic rings. The van der Waals surface area contributed by atoms with Crippen LogP contribution in [0.3, 0.4) is 0 Å². The Morgan fingerprint density at radius 3 is 2.52 bits per heavy atom. The van der Waals surface area contributed by atoms with Crippen molar-refractivity contribution in [2.75, 3.05) is 19.7 Å². The third-order valence-electron chi connectivity index (χ3n) is 4.55. The van der Waals surface area contributed by atoms with Gasteiger partial charge in [0.2, 0.25) is 0 Å². The Balaban J connectivity index is 1.96. The van der Waals surface area contributed by atoms with Gasteiger partial charge in [-0.1, -0.05) is 0 Å².